The summed E-state index contributed by atoms with van der Waals surface area (Å²) < 4.78 is 0.888. The predicted molar refractivity (Wildman–Crippen MR) is 83.8 cm³/mol. The van der Waals surface area contributed by atoms with Crippen LogP contribution in [0.4, 0.5) is 5.82 Å². The minimum atomic E-state index is -0.165. The molecule has 0 saturated heterocycles. The van der Waals surface area contributed by atoms with Crippen LogP contribution in [0, 0.1) is 6.92 Å². The molecule has 0 radical (unpaired) electrons. The van der Waals surface area contributed by atoms with Gasteiger partial charge in [-0.15, -0.1) is 0 Å². The Morgan fingerprint density at radius 3 is 2.65 bits per heavy atom. The van der Waals surface area contributed by atoms with Crippen LogP contribution in [-0.4, -0.2) is 17.4 Å². The van der Waals surface area contributed by atoms with E-state index in [0.29, 0.717) is 17.9 Å². The predicted octanol–water partition coefficient (Wildman–Crippen LogP) is 2.91. The van der Waals surface area contributed by atoms with Crippen molar-refractivity contribution in [2.24, 2.45) is 5.73 Å². The second-order valence-corrected chi connectivity index (χ2v) is 5.42. The van der Waals surface area contributed by atoms with Crippen LogP contribution in [0.1, 0.15) is 21.5 Å². The number of hydrogen-bond acceptors (Lipinski definition) is 3. The van der Waals surface area contributed by atoms with Gasteiger partial charge in [0.2, 0.25) is 0 Å². The van der Waals surface area contributed by atoms with E-state index in [0.717, 1.165) is 22.0 Å². The number of aryl methyl sites for hydroxylation is 1. The van der Waals surface area contributed by atoms with Gasteiger partial charge in [-0.25, -0.2) is 4.98 Å². The molecule has 0 bridgehead atoms. The number of carbonyl (C=O) groups excluding carboxylic acids is 1. The molecule has 0 aliphatic heterocycles. The lowest BCUT2D eigenvalue weighted by Gasteiger charge is -2.08. The Morgan fingerprint density at radius 2 is 2.05 bits per heavy atom. The van der Waals surface area contributed by atoms with Gasteiger partial charge >= 0.3 is 0 Å². The Bertz CT molecular complexity index is 611. The molecule has 20 heavy (non-hydrogen) atoms. The Hall–Kier alpha value is -1.72. The molecule has 0 aliphatic carbocycles. The standard InChI is InChI=1S/C15H16BrN3O/c1-10-8-13(16)9-18-14(10)19-15(20)12-4-2-11(3-5-12)6-7-17/h2-5,8-9H,6-7,17H2,1H3,(H,18,19,20). The molecule has 1 heterocycles. The zero-order chi connectivity index (χ0) is 14.5. The van der Waals surface area contributed by atoms with E-state index in [9.17, 15) is 4.79 Å². The average Bonchev–Trinajstić information content (AvgIpc) is 2.43. The maximum absolute atomic E-state index is 12.1. The molecule has 0 atom stereocenters. The first kappa shape index (κ1) is 14.7. The van der Waals surface area contributed by atoms with Crippen LogP contribution in [-0.2, 0) is 6.42 Å². The second kappa shape index (κ2) is 6.63. The van der Waals surface area contributed by atoms with Gasteiger partial charge in [0, 0.05) is 16.2 Å². The summed E-state index contributed by atoms with van der Waals surface area (Å²) in [5, 5.41) is 2.81. The van der Waals surface area contributed by atoms with Crippen LogP contribution < -0.4 is 11.1 Å². The average molecular weight is 334 g/mol. The van der Waals surface area contributed by atoms with E-state index in [2.05, 4.69) is 26.2 Å². The molecule has 0 spiro atoms. The Labute approximate surface area is 126 Å². The third-order valence-electron chi connectivity index (χ3n) is 2.93. The number of benzene rings is 1. The maximum Gasteiger partial charge on any atom is 0.256 e. The number of nitrogens with two attached hydrogens (primary N) is 1. The molecule has 1 aromatic carbocycles. The summed E-state index contributed by atoms with van der Waals surface area (Å²) in [6.45, 7) is 2.51. The minimum absolute atomic E-state index is 0.165. The summed E-state index contributed by atoms with van der Waals surface area (Å²) in [5.74, 6) is 0.409. The molecule has 0 fully saturated rings. The number of rotatable bonds is 4. The van der Waals surface area contributed by atoms with Gasteiger partial charge in [0.25, 0.3) is 5.91 Å². The smallest absolute Gasteiger partial charge is 0.256 e. The highest BCUT2D eigenvalue weighted by atomic mass is 79.9. The van der Waals surface area contributed by atoms with E-state index in [1.54, 1.807) is 18.3 Å². The Morgan fingerprint density at radius 1 is 1.35 bits per heavy atom. The zero-order valence-electron chi connectivity index (χ0n) is 11.2. The fraction of sp³-hybridized carbons (Fsp3) is 0.200. The number of nitrogens with zero attached hydrogens (tertiary/aromatic N) is 1. The van der Waals surface area contributed by atoms with E-state index >= 15 is 0 Å². The van der Waals surface area contributed by atoms with Crippen LogP contribution in [0.25, 0.3) is 0 Å². The third kappa shape index (κ3) is 3.65. The summed E-state index contributed by atoms with van der Waals surface area (Å²) in [4.78, 5) is 16.3. The van der Waals surface area contributed by atoms with Gasteiger partial charge < -0.3 is 11.1 Å². The summed E-state index contributed by atoms with van der Waals surface area (Å²) in [6, 6.07) is 9.35. The summed E-state index contributed by atoms with van der Waals surface area (Å²) in [6.07, 6.45) is 2.47. The number of carbonyl (C=O) groups is 1. The molecule has 1 aromatic heterocycles. The second-order valence-electron chi connectivity index (χ2n) is 4.51. The molecule has 104 valence electrons. The molecule has 2 aromatic rings. The largest absolute Gasteiger partial charge is 0.330 e. The highest BCUT2D eigenvalue weighted by Crippen LogP contribution is 2.17. The lowest BCUT2D eigenvalue weighted by atomic mass is 10.1. The van der Waals surface area contributed by atoms with E-state index < -0.39 is 0 Å². The Kier molecular flexibility index (Phi) is 4.87. The van der Waals surface area contributed by atoms with Crippen molar-refractivity contribution in [3.8, 4) is 0 Å². The fourth-order valence-electron chi connectivity index (χ4n) is 1.84. The summed E-state index contributed by atoms with van der Waals surface area (Å²) >= 11 is 3.34. The summed E-state index contributed by atoms with van der Waals surface area (Å²) in [7, 11) is 0. The van der Waals surface area contributed by atoms with Crippen LogP contribution in [0.5, 0.6) is 0 Å². The van der Waals surface area contributed by atoms with E-state index in [-0.39, 0.29) is 5.91 Å². The number of anilines is 1. The number of amides is 1. The van der Waals surface area contributed by atoms with Crippen LogP contribution in [0.15, 0.2) is 41.0 Å². The number of halogens is 1. The van der Waals surface area contributed by atoms with E-state index in [1.165, 1.54) is 0 Å². The molecule has 4 nitrogen and oxygen atoms in total. The number of nitrogens with one attached hydrogen (secondary N) is 1. The van der Waals surface area contributed by atoms with Crippen molar-refractivity contribution in [1.29, 1.82) is 0 Å². The van der Waals surface area contributed by atoms with Gasteiger partial charge in [0.15, 0.2) is 0 Å². The van der Waals surface area contributed by atoms with Crippen molar-refractivity contribution < 1.29 is 4.79 Å². The van der Waals surface area contributed by atoms with Crippen LogP contribution in [0.2, 0.25) is 0 Å². The fourth-order valence-corrected chi connectivity index (χ4v) is 2.29. The lowest BCUT2D eigenvalue weighted by Crippen LogP contribution is -2.14. The number of hydrogen-bond donors (Lipinski definition) is 2. The van der Waals surface area contributed by atoms with E-state index in [4.69, 9.17) is 5.73 Å². The zero-order valence-corrected chi connectivity index (χ0v) is 12.8. The van der Waals surface area contributed by atoms with Crippen LogP contribution in [0.3, 0.4) is 0 Å². The third-order valence-corrected chi connectivity index (χ3v) is 3.36. The molecule has 0 unspecified atom stereocenters. The highest BCUT2D eigenvalue weighted by molar-refractivity contribution is 9.10. The Balaban J connectivity index is 2.11. The molecular formula is C15H16BrN3O. The molecule has 0 aliphatic rings. The minimum Gasteiger partial charge on any atom is -0.330 e. The number of pyridine rings is 1. The quantitative estimate of drug-likeness (QED) is 0.903. The first-order valence-electron chi connectivity index (χ1n) is 6.32. The first-order valence-corrected chi connectivity index (χ1v) is 7.12. The molecular weight excluding hydrogens is 318 g/mol. The van der Waals surface area contributed by atoms with Gasteiger partial charge in [0.1, 0.15) is 5.82 Å². The highest BCUT2D eigenvalue weighted by Gasteiger charge is 2.08. The number of aromatic nitrogens is 1. The monoisotopic (exact) mass is 333 g/mol. The van der Waals surface area contributed by atoms with E-state index in [1.807, 2.05) is 25.1 Å². The maximum atomic E-state index is 12.1. The normalized spacial score (nSPS) is 10.3. The van der Waals surface area contributed by atoms with Crippen molar-refractivity contribution in [3.63, 3.8) is 0 Å². The van der Waals surface area contributed by atoms with Crippen LogP contribution >= 0.6 is 15.9 Å². The SMILES string of the molecule is Cc1cc(Br)cnc1NC(=O)c1ccc(CCN)cc1. The summed E-state index contributed by atoms with van der Waals surface area (Å²) in [5.41, 5.74) is 8.14. The van der Waals surface area contributed by atoms with Crippen molar-refractivity contribution in [2.45, 2.75) is 13.3 Å². The lowest BCUT2D eigenvalue weighted by molar-refractivity contribution is 0.102. The molecule has 0 saturated carbocycles. The van der Waals surface area contributed by atoms with Crippen molar-refractivity contribution in [2.75, 3.05) is 11.9 Å². The van der Waals surface area contributed by atoms with Gasteiger partial charge in [-0.2, -0.15) is 0 Å². The van der Waals surface area contributed by atoms with Gasteiger partial charge in [-0.3, -0.25) is 4.79 Å². The van der Waals surface area contributed by atoms with Crippen molar-refractivity contribution in [1.82, 2.24) is 4.98 Å². The first-order chi connectivity index (χ1) is 9.60. The molecule has 1 amide bonds. The van der Waals surface area contributed by atoms with Gasteiger partial charge in [0.05, 0.1) is 0 Å². The topological polar surface area (TPSA) is 68.0 Å². The van der Waals surface area contributed by atoms with Gasteiger partial charge in [-0.05, 0) is 65.1 Å². The molecule has 2 rings (SSSR count). The molecule has 5 heteroatoms. The molecule has 3 N–H and O–H groups in total. The van der Waals surface area contributed by atoms with Gasteiger partial charge in [-0.1, -0.05) is 12.1 Å². The van der Waals surface area contributed by atoms with Crippen molar-refractivity contribution in [3.05, 3.63) is 57.7 Å². The van der Waals surface area contributed by atoms with Crippen molar-refractivity contribution >= 4 is 27.7 Å².